The Morgan fingerprint density at radius 1 is 1.17 bits per heavy atom. The first-order chi connectivity index (χ1) is 13.8. The Balaban J connectivity index is 1.74. The minimum atomic E-state index is -3.13. The number of sulfonamides is 1. The molecule has 6 nitrogen and oxygen atoms in total. The number of fused-ring (bicyclic) bond motifs is 3. The lowest BCUT2D eigenvalue weighted by atomic mass is 9.89. The van der Waals surface area contributed by atoms with Crippen LogP contribution in [0.1, 0.15) is 62.7 Å². The van der Waals surface area contributed by atoms with Crippen molar-refractivity contribution in [1.82, 2.24) is 14.3 Å². The average molecular weight is 437 g/mol. The minimum Gasteiger partial charge on any atom is -0.353 e. The van der Waals surface area contributed by atoms with Crippen molar-refractivity contribution in [3.05, 3.63) is 16.3 Å². The molecule has 1 saturated heterocycles. The molecule has 8 heteroatoms. The van der Waals surface area contributed by atoms with Crippen LogP contribution in [0, 0.1) is 5.92 Å². The maximum absolute atomic E-state index is 12.3. The van der Waals surface area contributed by atoms with Crippen molar-refractivity contribution >= 4 is 37.4 Å². The molecule has 2 aromatic rings. The standard InChI is InChI=1S/C21H32N4O2S2/c1-5-15(4)19-22-20(24-9-11-25(12-10-24)29(26,27)6-2)18-16-8-7-14(3)13-17(16)28-21(18)23-19/h14-15H,5-13H2,1-4H3/t14-,15-/m1/s1. The third kappa shape index (κ3) is 3.91. The van der Waals surface area contributed by atoms with Gasteiger partial charge in [-0.05, 0) is 44.1 Å². The van der Waals surface area contributed by atoms with Crippen LogP contribution in [0.15, 0.2) is 0 Å². The second kappa shape index (κ2) is 8.12. The van der Waals surface area contributed by atoms with Crippen molar-refractivity contribution in [1.29, 1.82) is 0 Å². The summed E-state index contributed by atoms with van der Waals surface area (Å²) in [4.78, 5) is 14.9. The number of thiophene rings is 1. The molecule has 0 radical (unpaired) electrons. The molecule has 0 amide bonds. The molecule has 0 saturated carbocycles. The van der Waals surface area contributed by atoms with Crippen LogP contribution < -0.4 is 4.90 Å². The molecule has 160 valence electrons. The zero-order valence-electron chi connectivity index (χ0n) is 17.9. The zero-order valence-corrected chi connectivity index (χ0v) is 19.6. The van der Waals surface area contributed by atoms with Crippen LogP contribution in [0.3, 0.4) is 0 Å². The number of rotatable bonds is 5. The van der Waals surface area contributed by atoms with Gasteiger partial charge < -0.3 is 4.90 Å². The molecular formula is C21H32N4O2S2. The van der Waals surface area contributed by atoms with Crippen molar-refractivity contribution in [2.45, 2.75) is 59.3 Å². The molecule has 1 aliphatic heterocycles. The van der Waals surface area contributed by atoms with E-state index < -0.39 is 10.0 Å². The molecule has 0 aromatic carbocycles. The lowest BCUT2D eigenvalue weighted by molar-refractivity contribution is 0.384. The summed E-state index contributed by atoms with van der Waals surface area (Å²) >= 11 is 1.85. The largest absolute Gasteiger partial charge is 0.353 e. The molecule has 29 heavy (non-hydrogen) atoms. The van der Waals surface area contributed by atoms with Gasteiger partial charge in [-0.1, -0.05) is 20.8 Å². The number of aromatic nitrogens is 2. The van der Waals surface area contributed by atoms with Crippen molar-refractivity contribution < 1.29 is 8.42 Å². The molecule has 2 aliphatic rings. The lowest BCUT2D eigenvalue weighted by Crippen LogP contribution is -2.49. The van der Waals surface area contributed by atoms with Gasteiger partial charge in [0, 0.05) is 37.0 Å². The summed E-state index contributed by atoms with van der Waals surface area (Å²) < 4.78 is 26.1. The van der Waals surface area contributed by atoms with Gasteiger partial charge >= 0.3 is 0 Å². The van der Waals surface area contributed by atoms with Crippen LogP contribution in [0.25, 0.3) is 10.2 Å². The second-order valence-corrected chi connectivity index (χ2v) is 11.9. The fourth-order valence-corrected chi connectivity index (χ4v) is 6.80. The fourth-order valence-electron chi connectivity index (χ4n) is 4.33. The van der Waals surface area contributed by atoms with E-state index in [2.05, 4.69) is 25.7 Å². The summed E-state index contributed by atoms with van der Waals surface area (Å²) in [5.41, 5.74) is 1.44. The van der Waals surface area contributed by atoms with Crippen LogP contribution in [0.2, 0.25) is 0 Å². The summed E-state index contributed by atoms with van der Waals surface area (Å²) in [5.74, 6) is 3.16. The van der Waals surface area contributed by atoms with Gasteiger partial charge in [0.1, 0.15) is 16.5 Å². The molecule has 0 spiro atoms. The maximum Gasteiger partial charge on any atom is 0.213 e. The van der Waals surface area contributed by atoms with Crippen LogP contribution >= 0.6 is 11.3 Å². The molecule has 3 heterocycles. The summed E-state index contributed by atoms with van der Waals surface area (Å²) in [6.07, 6.45) is 4.46. The molecule has 1 fully saturated rings. The van der Waals surface area contributed by atoms with Gasteiger partial charge in [0.25, 0.3) is 0 Å². The molecule has 1 aliphatic carbocycles. The van der Waals surface area contributed by atoms with Crippen LogP contribution in [0.5, 0.6) is 0 Å². The van der Waals surface area contributed by atoms with Gasteiger partial charge in [-0.25, -0.2) is 18.4 Å². The Kier molecular flexibility index (Phi) is 5.88. The second-order valence-electron chi connectivity index (χ2n) is 8.53. The zero-order chi connectivity index (χ0) is 20.8. The normalized spacial score (nSPS) is 22.1. The Labute approximate surface area is 178 Å². The first-order valence-corrected chi connectivity index (χ1v) is 13.3. The van der Waals surface area contributed by atoms with Crippen LogP contribution in [0.4, 0.5) is 5.82 Å². The number of nitrogens with zero attached hydrogens (tertiary/aromatic N) is 4. The van der Waals surface area contributed by atoms with Gasteiger partial charge in [0.2, 0.25) is 10.0 Å². The third-order valence-electron chi connectivity index (χ3n) is 6.50. The van der Waals surface area contributed by atoms with Crippen LogP contribution in [-0.2, 0) is 22.9 Å². The first kappa shape index (κ1) is 21.0. The summed E-state index contributed by atoms with van der Waals surface area (Å²) in [6.45, 7) is 10.8. The van der Waals surface area contributed by atoms with Crippen LogP contribution in [-0.4, -0.2) is 54.6 Å². The van der Waals surface area contributed by atoms with E-state index in [1.165, 1.54) is 22.2 Å². The summed E-state index contributed by atoms with van der Waals surface area (Å²) in [6, 6.07) is 0. The van der Waals surface area contributed by atoms with Crippen molar-refractivity contribution in [3.63, 3.8) is 0 Å². The summed E-state index contributed by atoms with van der Waals surface area (Å²) in [7, 11) is -3.13. The molecule has 0 bridgehead atoms. The predicted molar refractivity (Wildman–Crippen MR) is 121 cm³/mol. The fraction of sp³-hybridized carbons (Fsp3) is 0.714. The van der Waals surface area contributed by atoms with E-state index in [0.29, 0.717) is 32.1 Å². The van der Waals surface area contributed by atoms with Crippen molar-refractivity contribution in [2.24, 2.45) is 5.92 Å². The van der Waals surface area contributed by atoms with Gasteiger partial charge in [-0.15, -0.1) is 11.3 Å². The van der Waals surface area contributed by atoms with E-state index >= 15 is 0 Å². The summed E-state index contributed by atoms with van der Waals surface area (Å²) in [5, 5.41) is 1.23. The topological polar surface area (TPSA) is 66.4 Å². The molecule has 0 unspecified atom stereocenters. The molecule has 0 N–H and O–H groups in total. The highest BCUT2D eigenvalue weighted by molar-refractivity contribution is 7.89. The Hall–Kier alpha value is -1.25. The highest BCUT2D eigenvalue weighted by atomic mass is 32.2. The van der Waals surface area contributed by atoms with E-state index in [1.807, 2.05) is 11.3 Å². The van der Waals surface area contributed by atoms with Gasteiger partial charge in [0.15, 0.2) is 0 Å². The van der Waals surface area contributed by atoms with Gasteiger partial charge in [0.05, 0.1) is 11.1 Å². The highest BCUT2D eigenvalue weighted by Crippen LogP contribution is 2.41. The number of hydrogen-bond donors (Lipinski definition) is 0. The van der Waals surface area contributed by atoms with Crippen molar-refractivity contribution in [2.75, 3.05) is 36.8 Å². The number of hydrogen-bond acceptors (Lipinski definition) is 6. The number of anilines is 1. The predicted octanol–water partition coefficient (Wildman–Crippen LogP) is 3.80. The van der Waals surface area contributed by atoms with E-state index in [0.717, 1.165) is 41.7 Å². The quantitative estimate of drug-likeness (QED) is 0.713. The minimum absolute atomic E-state index is 0.166. The molecule has 2 atom stereocenters. The van der Waals surface area contributed by atoms with E-state index in [9.17, 15) is 8.42 Å². The maximum atomic E-state index is 12.3. The van der Waals surface area contributed by atoms with E-state index in [1.54, 1.807) is 11.2 Å². The van der Waals surface area contributed by atoms with E-state index in [-0.39, 0.29) is 5.75 Å². The third-order valence-corrected chi connectivity index (χ3v) is 9.53. The van der Waals surface area contributed by atoms with Gasteiger partial charge in [-0.2, -0.15) is 4.31 Å². The lowest BCUT2D eigenvalue weighted by Gasteiger charge is -2.35. The average Bonchev–Trinajstić information content (AvgIpc) is 3.09. The Morgan fingerprint density at radius 3 is 2.55 bits per heavy atom. The smallest absolute Gasteiger partial charge is 0.213 e. The number of piperazine rings is 1. The Morgan fingerprint density at radius 2 is 1.90 bits per heavy atom. The SMILES string of the molecule is CC[C@@H](C)c1nc(N2CCN(S(=O)(=O)CC)CC2)c2c3c(sc2n1)C[C@H](C)CC3. The van der Waals surface area contributed by atoms with E-state index in [4.69, 9.17) is 9.97 Å². The highest BCUT2D eigenvalue weighted by Gasteiger charge is 2.30. The van der Waals surface area contributed by atoms with Gasteiger partial charge in [-0.3, -0.25) is 0 Å². The molecule has 4 rings (SSSR count). The molecular weight excluding hydrogens is 404 g/mol. The monoisotopic (exact) mass is 436 g/mol. The first-order valence-electron chi connectivity index (χ1n) is 10.9. The van der Waals surface area contributed by atoms with Crippen molar-refractivity contribution in [3.8, 4) is 0 Å². The Bertz CT molecular complexity index is 994. The number of aryl methyl sites for hydroxylation is 1. The molecule has 2 aromatic heterocycles.